The van der Waals surface area contributed by atoms with Gasteiger partial charge in [-0.05, 0) is 40.5 Å². The summed E-state index contributed by atoms with van der Waals surface area (Å²) in [6.45, 7) is 2.02. The van der Waals surface area contributed by atoms with E-state index in [4.69, 9.17) is 4.42 Å². The highest BCUT2D eigenvalue weighted by atomic mass is 79.9. The van der Waals surface area contributed by atoms with Gasteiger partial charge < -0.3 is 4.42 Å². The molecule has 0 fully saturated rings. The highest BCUT2D eigenvalue weighted by Crippen LogP contribution is 2.33. The van der Waals surface area contributed by atoms with E-state index in [0.717, 1.165) is 17.8 Å². The fourth-order valence-electron chi connectivity index (χ4n) is 2.47. The first-order valence-corrected chi connectivity index (χ1v) is 10.3. The molecule has 0 saturated carbocycles. The van der Waals surface area contributed by atoms with Crippen molar-refractivity contribution in [1.82, 2.24) is 10.2 Å². The van der Waals surface area contributed by atoms with Crippen LogP contribution in [0.4, 0.5) is 10.8 Å². The minimum Gasteiger partial charge on any atom is -0.457 e. The predicted octanol–water partition coefficient (Wildman–Crippen LogP) is 4.97. The summed E-state index contributed by atoms with van der Waals surface area (Å²) in [4.78, 5) is 22.7. The molecule has 3 rings (SSSR count). The number of benzene rings is 1. The number of aryl methyl sites for hydroxylation is 1. The molecule has 0 unspecified atom stereocenters. The quantitative estimate of drug-likeness (QED) is 0.215. The van der Waals surface area contributed by atoms with Crippen LogP contribution in [0.25, 0.3) is 17.4 Å². The van der Waals surface area contributed by atoms with Crippen molar-refractivity contribution < 1.29 is 14.1 Å². The standard InChI is InChI=1S/C19H14BrN5O4S/c1-2-3-17-23-24-19(30-17)22-18(26)11(10-21)8-13-5-7-16(29-13)14-6-4-12(25(27)28)9-15(14)20/h4-9H,2-3H2,1H3,(H,22,24,26)/b11-8-. The molecular weight excluding hydrogens is 474 g/mol. The molecule has 0 aliphatic heterocycles. The summed E-state index contributed by atoms with van der Waals surface area (Å²) >= 11 is 4.55. The zero-order valence-corrected chi connectivity index (χ0v) is 18.0. The molecule has 152 valence electrons. The van der Waals surface area contributed by atoms with E-state index < -0.39 is 10.8 Å². The number of furan rings is 1. The molecule has 0 spiro atoms. The van der Waals surface area contributed by atoms with Crippen LogP contribution in [0.1, 0.15) is 24.1 Å². The Bertz CT molecular complexity index is 1180. The summed E-state index contributed by atoms with van der Waals surface area (Å²) in [6.07, 6.45) is 2.99. The normalized spacial score (nSPS) is 11.2. The fourth-order valence-corrected chi connectivity index (χ4v) is 3.87. The van der Waals surface area contributed by atoms with E-state index >= 15 is 0 Å². The third kappa shape index (κ3) is 4.97. The number of hydrogen-bond acceptors (Lipinski definition) is 8. The maximum atomic E-state index is 12.4. The summed E-state index contributed by atoms with van der Waals surface area (Å²) in [7, 11) is 0. The summed E-state index contributed by atoms with van der Waals surface area (Å²) in [5, 5.41) is 31.8. The molecule has 0 atom stereocenters. The van der Waals surface area contributed by atoms with Gasteiger partial charge in [-0.25, -0.2) is 0 Å². The van der Waals surface area contributed by atoms with Crippen molar-refractivity contribution in [2.45, 2.75) is 19.8 Å². The summed E-state index contributed by atoms with van der Waals surface area (Å²) in [5.41, 5.74) is 0.380. The lowest BCUT2D eigenvalue weighted by Gasteiger charge is -2.01. The topological polar surface area (TPSA) is 135 Å². The Balaban J connectivity index is 1.78. The molecule has 1 N–H and O–H groups in total. The number of non-ortho nitro benzene ring substituents is 1. The molecule has 0 bridgehead atoms. The van der Waals surface area contributed by atoms with Crippen LogP contribution in [0.15, 0.2) is 44.8 Å². The van der Waals surface area contributed by atoms with E-state index in [1.165, 1.54) is 29.5 Å². The Morgan fingerprint density at radius 3 is 2.87 bits per heavy atom. The third-order valence-corrected chi connectivity index (χ3v) is 5.41. The van der Waals surface area contributed by atoms with Crippen LogP contribution >= 0.6 is 27.3 Å². The van der Waals surface area contributed by atoms with Gasteiger partial charge in [0, 0.05) is 34.7 Å². The van der Waals surface area contributed by atoms with Crippen molar-refractivity contribution in [2.24, 2.45) is 0 Å². The van der Waals surface area contributed by atoms with Crippen molar-refractivity contribution in [3.8, 4) is 17.4 Å². The Hall–Kier alpha value is -3.36. The first kappa shape index (κ1) is 21.4. The van der Waals surface area contributed by atoms with E-state index in [1.54, 1.807) is 18.2 Å². The van der Waals surface area contributed by atoms with Crippen LogP contribution in [0.2, 0.25) is 0 Å². The third-order valence-electron chi connectivity index (χ3n) is 3.86. The Labute approximate surface area is 183 Å². The molecule has 0 aliphatic rings. The van der Waals surface area contributed by atoms with E-state index in [9.17, 15) is 20.2 Å². The van der Waals surface area contributed by atoms with Gasteiger partial charge in [0.25, 0.3) is 11.6 Å². The van der Waals surface area contributed by atoms with Crippen LogP contribution in [0.3, 0.4) is 0 Å². The second-order valence-corrected chi connectivity index (χ2v) is 7.91. The number of hydrogen-bond donors (Lipinski definition) is 1. The fraction of sp³-hybridized carbons (Fsp3) is 0.158. The molecule has 11 heteroatoms. The molecular formula is C19H14BrN5O4S. The molecule has 3 aromatic rings. The van der Waals surface area contributed by atoms with Gasteiger partial charge in [-0.2, -0.15) is 5.26 Å². The highest BCUT2D eigenvalue weighted by Gasteiger charge is 2.16. The summed E-state index contributed by atoms with van der Waals surface area (Å²) < 4.78 is 6.17. The number of nitro groups is 1. The lowest BCUT2D eigenvalue weighted by Crippen LogP contribution is -2.13. The number of nitro benzene ring substituents is 1. The van der Waals surface area contributed by atoms with E-state index in [0.29, 0.717) is 20.9 Å². The summed E-state index contributed by atoms with van der Waals surface area (Å²) in [6, 6.07) is 9.37. The van der Waals surface area contributed by atoms with Gasteiger partial charge >= 0.3 is 0 Å². The number of rotatable bonds is 7. The number of aromatic nitrogens is 2. The number of nitrogens with zero attached hydrogens (tertiary/aromatic N) is 4. The Kier molecular flexibility index (Phi) is 6.71. The van der Waals surface area contributed by atoms with Crippen molar-refractivity contribution in [1.29, 1.82) is 5.26 Å². The maximum Gasteiger partial charge on any atom is 0.270 e. The second-order valence-electron chi connectivity index (χ2n) is 6.00. The summed E-state index contributed by atoms with van der Waals surface area (Å²) in [5.74, 6) is 0.0890. The highest BCUT2D eigenvalue weighted by molar-refractivity contribution is 9.10. The molecule has 0 saturated heterocycles. The van der Waals surface area contributed by atoms with E-state index in [1.807, 2.05) is 13.0 Å². The van der Waals surface area contributed by atoms with Crippen molar-refractivity contribution in [2.75, 3.05) is 5.32 Å². The Morgan fingerprint density at radius 2 is 2.20 bits per heavy atom. The lowest BCUT2D eigenvalue weighted by atomic mass is 10.1. The van der Waals surface area contributed by atoms with Crippen LogP contribution in [0, 0.1) is 21.4 Å². The smallest absolute Gasteiger partial charge is 0.270 e. The largest absolute Gasteiger partial charge is 0.457 e. The van der Waals surface area contributed by atoms with Crippen LogP contribution in [0.5, 0.6) is 0 Å². The van der Waals surface area contributed by atoms with Crippen molar-refractivity contribution in [3.05, 3.63) is 61.3 Å². The van der Waals surface area contributed by atoms with Crippen LogP contribution in [-0.4, -0.2) is 21.0 Å². The van der Waals surface area contributed by atoms with Crippen LogP contribution < -0.4 is 5.32 Å². The van der Waals surface area contributed by atoms with Gasteiger partial charge in [0.2, 0.25) is 5.13 Å². The van der Waals surface area contributed by atoms with E-state index in [-0.39, 0.29) is 17.0 Å². The first-order chi connectivity index (χ1) is 14.4. The molecule has 1 aromatic carbocycles. The maximum absolute atomic E-state index is 12.4. The predicted molar refractivity (Wildman–Crippen MR) is 115 cm³/mol. The van der Waals surface area contributed by atoms with Gasteiger partial charge in [-0.3, -0.25) is 20.2 Å². The molecule has 2 heterocycles. The molecule has 0 radical (unpaired) electrons. The lowest BCUT2D eigenvalue weighted by molar-refractivity contribution is -0.384. The minimum absolute atomic E-state index is 0.0560. The molecule has 0 aliphatic carbocycles. The molecule has 9 nitrogen and oxygen atoms in total. The number of nitriles is 1. The first-order valence-electron chi connectivity index (χ1n) is 8.71. The average molecular weight is 488 g/mol. The average Bonchev–Trinajstić information content (AvgIpc) is 3.35. The monoisotopic (exact) mass is 487 g/mol. The number of halogens is 1. The van der Waals surface area contributed by atoms with E-state index in [2.05, 4.69) is 31.4 Å². The molecule has 1 amide bonds. The van der Waals surface area contributed by atoms with Gasteiger partial charge in [0.1, 0.15) is 28.2 Å². The van der Waals surface area contributed by atoms with Gasteiger partial charge in [-0.15, -0.1) is 10.2 Å². The zero-order chi connectivity index (χ0) is 21.7. The SMILES string of the molecule is CCCc1nnc(NC(=O)/C(C#N)=C\c2ccc(-c3ccc([N+](=O)[O-])cc3Br)o2)s1. The number of carbonyl (C=O) groups is 1. The zero-order valence-electron chi connectivity index (χ0n) is 15.6. The van der Waals surface area contributed by atoms with Gasteiger partial charge in [-0.1, -0.05) is 18.3 Å². The van der Waals surface area contributed by atoms with Crippen molar-refractivity contribution in [3.63, 3.8) is 0 Å². The number of anilines is 1. The number of nitrogens with one attached hydrogen (secondary N) is 1. The molecule has 30 heavy (non-hydrogen) atoms. The number of carbonyl (C=O) groups excluding carboxylic acids is 1. The van der Waals surface area contributed by atoms with Crippen molar-refractivity contribution >= 4 is 50.1 Å². The van der Waals surface area contributed by atoms with Gasteiger partial charge in [0.15, 0.2) is 0 Å². The molecule has 2 aromatic heterocycles. The Morgan fingerprint density at radius 1 is 1.40 bits per heavy atom. The van der Waals surface area contributed by atoms with Crippen LogP contribution in [-0.2, 0) is 11.2 Å². The van der Waals surface area contributed by atoms with Gasteiger partial charge in [0.05, 0.1) is 4.92 Å². The second kappa shape index (κ2) is 9.43. The number of amides is 1. The minimum atomic E-state index is -0.619.